The highest BCUT2D eigenvalue weighted by Crippen LogP contribution is 2.29. The highest BCUT2D eigenvalue weighted by molar-refractivity contribution is 5.90. The van der Waals surface area contributed by atoms with Crippen molar-refractivity contribution in [2.24, 2.45) is 0 Å². The third kappa shape index (κ3) is 2.43. The highest BCUT2D eigenvalue weighted by atomic mass is 16.6. The summed E-state index contributed by atoms with van der Waals surface area (Å²) in [6.45, 7) is 6.73. The van der Waals surface area contributed by atoms with Gasteiger partial charge in [-0.25, -0.2) is 4.79 Å². The van der Waals surface area contributed by atoms with Crippen molar-refractivity contribution in [1.82, 2.24) is 0 Å². The first-order chi connectivity index (χ1) is 8.11. The first kappa shape index (κ1) is 12.0. The molecule has 0 saturated heterocycles. The van der Waals surface area contributed by atoms with Crippen LogP contribution in [0.3, 0.4) is 0 Å². The maximum absolute atomic E-state index is 12.0. The molecule has 1 heterocycles. The lowest BCUT2D eigenvalue weighted by atomic mass is 10.1. The molecule has 1 atom stereocenters. The second-order valence-electron chi connectivity index (χ2n) is 4.64. The lowest BCUT2D eigenvalue weighted by molar-refractivity contribution is 0.112. The van der Waals surface area contributed by atoms with Gasteiger partial charge in [-0.15, -0.1) is 0 Å². The zero-order valence-corrected chi connectivity index (χ0v) is 10.7. The van der Waals surface area contributed by atoms with Crippen LogP contribution in [-0.2, 0) is 11.2 Å². The normalized spacial score (nSPS) is 15.6. The molecule has 3 heteroatoms. The number of benzene rings is 1. The Bertz CT molecular complexity index is 428. The number of rotatable bonds is 2. The van der Waals surface area contributed by atoms with Crippen LogP contribution in [0.15, 0.2) is 18.2 Å². The van der Waals surface area contributed by atoms with E-state index >= 15 is 0 Å². The molecule has 1 aromatic rings. The molecule has 0 radical (unpaired) electrons. The molecule has 1 aliphatic heterocycles. The SMILES string of the molecule is CCC(C)OC(=O)N1CCc2cc(C)ccc21. The van der Waals surface area contributed by atoms with Crippen molar-refractivity contribution in [2.75, 3.05) is 11.4 Å². The number of fused-ring (bicyclic) bond motifs is 1. The summed E-state index contributed by atoms with van der Waals surface area (Å²) in [5.74, 6) is 0. The summed E-state index contributed by atoms with van der Waals surface area (Å²) in [7, 11) is 0. The summed E-state index contributed by atoms with van der Waals surface area (Å²) in [5, 5.41) is 0. The van der Waals surface area contributed by atoms with Gasteiger partial charge in [-0.3, -0.25) is 4.90 Å². The summed E-state index contributed by atoms with van der Waals surface area (Å²) in [4.78, 5) is 13.7. The molecule has 0 aliphatic carbocycles. The average molecular weight is 233 g/mol. The van der Waals surface area contributed by atoms with Gasteiger partial charge >= 0.3 is 6.09 Å². The van der Waals surface area contributed by atoms with E-state index in [1.165, 1.54) is 11.1 Å². The molecule has 0 spiro atoms. The number of aryl methyl sites for hydroxylation is 1. The van der Waals surface area contributed by atoms with E-state index in [1.807, 2.05) is 26.0 Å². The number of anilines is 1. The van der Waals surface area contributed by atoms with E-state index < -0.39 is 0 Å². The topological polar surface area (TPSA) is 29.5 Å². The van der Waals surface area contributed by atoms with Crippen LogP contribution in [0.4, 0.5) is 10.5 Å². The standard InChI is InChI=1S/C14H19NO2/c1-4-11(3)17-14(16)15-8-7-12-9-10(2)5-6-13(12)15/h5-6,9,11H,4,7-8H2,1-3H3. The molecule has 92 valence electrons. The van der Waals surface area contributed by atoms with Gasteiger partial charge in [0.05, 0.1) is 5.69 Å². The molecule has 0 N–H and O–H groups in total. The van der Waals surface area contributed by atoms with Gasteiger partial charge in [-0.05, 0) is 38.3 Å². The minimum atomic E-state index is -0.220. The lowest BCUT2D eigenvalue weighted by Crippen LogP contribution is -2.32. The molecule has 1 aromatic carbocycles. The van der Waals surface area contributed by atoms with Crippen molar-refractivity contribution in [2.45, 2.75) is 39.7 Å². The van der Waals surface area contributed by atoms with Gasteiger partial charge in [0.1, 0.15) is 6.10 Å². The smallest absolute Gasteiger partial charge is 0.414 e. The number of nitrogens with zero attached hydrogens (tertiary/aromatic N) is 1. The predicted molar refractivity (Wildman–Crippen MR) is 68.5 cm³/mol. The van der Waals surface area contributed by atoms with E-state index in [4.69, 9.17) is 4.74 Å². The van der Waals surface area contributed by atoms with Crippen LogP contribution in [0.1, 0.15) is 31.4 Å². The molecule has 0 bridgehead atoms. The van der Waals surface area contributed by atoms with Crippen LogP contribution in [-0.4, -0.2) is 18.7 Å². The third-order valence-corrected chi connectivity index (χ3v) is 3.23. The lowest BCUT2D eigenvalue weighted by Gasteiger charge is -2.19. The summed E-state index contributed by atoms with van der Waals surface area (Å²) in [6, 6.07) is 6.19. The molecule has 1 amide bonds. The van der Waals surface area contributed by atoms with E-state index in [-0.39, 0.29) is 12.2 Å². The quantitative estimate of drug-likeness (QED) is 0.784. The number of hydrogen-bond donors (Lipinski definition) is 0. The Kier molecular flexibility index (Phi) is 3.36. The first-order valence-electron chi connectivity index (χ1n) is 6.19. The Balaban J connectivity index is 2.14. The van der Waals surface area contributed by atoms with Crippen molar-refractivity contribution in [3.63, 3.8) is 0 Å². The molecule has 17 heavy (non-hydrogen) atoms. The van der Waals surface area contributed by atoms with Crippen molar-refractivity contribution in [1.29, 1.82) is 0 Å². The minimum Gasteiger partial charge on any atom is -0.446 e. The largest absolute Gasteiger partial charge is 0.446 e. The van der Waals surface area contributed by atoms with Gasteiger partial charge < -0.3 is 4.74 Å². The van der Waals surface area contributed by atoms with E-state index in [9.17, 15) is 4.79 Å². The Morgan fingerprint density at radius 3 is 3.00 bits per heavy atom. The number of hydrogen-bond acceptors (Lipinski definition) is 2. The highest BCUT2D eigenvalue weighted by Gasteiger charge is 2.26. The molecule has 0 aromatic heterocycles. The average Bonchev–Trinajstić information content (AvgIpc) is 2.71. The van der Waals surface area contributed by atoms with Crippen LogP contribution in [0.25, 0.3) is 0 Å². The zero-order chi connectivity index (χ0) is 12.4. The Morgan fingerprint density at radius 2 is 2.29 bits per heavy atom. The molecular formula is C14H19NO2. The molecule has 0 fully saturated rings. The first-order valence-corrected chi connectivity index (χ1v) is 6.19. The number of carbonyl (C=O) groups is 1. The molecular weight excluding hydrogens is 214 g/mol. The van der Waals surface area contributed by atoms with Gasteiger partial charge in [0.25, 0.3) is 0 Å². The fourth-order valence-corrected chi connectivity index (χ4v) is 2.04. The fraction of sp³-hybridized carbons (Fsp3) is 0.500. The Hall–Kier alpha value is -1.51. The van der Waals surface area contributed by atoms with Gasteiger partial charge in [-0.1, -0.05) is 24.6 Å². The van der Waals surface area contributed by atoms with Crippen LogP contribution < -0.4 is 4.90 Å². The molecule has 1 aliphatic rings. The number of amides is 1. The van der Waals surface area contributed by atoms with Gasteiger partial charge in [-0.2, -0.15) is 0 Å². The summed E-state index contributed by atoms with van der Waals surface area (Å²) < 4.78 is 5.36. The minimum absolute atomic E-state index is 0.0167. The van der Waals surface area contributed by atoms with Crippen LogP contribution >= 0.6 is 0 Å². The maximum Gasteiger partial charge on any atom is 0.414 e. The monoisotopic (exact) mass is 233 g/mol. The second kappa shape index (κ2) is 4.78. The fourth-order valence-electron chi connectivity index (χ4n) is 2.04. The molecule has 3 nitrogen and oxygen atoms in total. The Labute approximate surface area is 102 Å². The maximum atomic E-state index is 12.0. The number of ether oxygens (including phenoxy) is 1. The van der Waals surface area contributed by atoms with Crippen molar-refractivity contribution in [3.8, 4) is 0 Å². The van der Waals surface area contributed by atoms with E-state index in [0.717, 1.165) is 25.1 Å². The molecule has 1 unspecified atom stereocenters. The second-order valence-corrected chi connectivity index (χ2v) is 4.64. The van der Waals surface area contributed by atoms with Crippen LogP contribution in [0.5, 0.6) is 0 Å². The van der Waals surface area contributed by atoms with E-state index in [0.29, 0.717) is 0 Å². The zero-order valence-electron chi connectivity index (χ0n) is 10.7. The van der Waals surface area contributed by atoms with Crippen molar-refractivity contribution in [3.05, 3.63) is 29.3 Å². The molecule has 0 saturated carbocycles. The predicted octanol–water partition coefficient (Wildman–Crippen LogP) is 3.29. The Morgan fingerprint density at radius 1 is 1.53 bits per heavy atom. The van der Waals surface area contributed by atoms with Crippen molar-refractivity contribution >= 4 is 11.8 Å². The molecule has 2 rings (SSSR count). The third-order valence-electron chi connectivity index (χ3n) is 3.23. The van der Waals surface area contributed by atoms with Crippen molar-refractivity contribution < 1.29 is 9.53 Å². The summed E-state index contributed by atoms with van der Waals surface area (Å²) in [5.41, 5.74) is 3.48. The van der Waals surface area contributed by atoms with Gasteiger partial charge in [0, 0.05) is 6.54 Å². The summed E-state index contributed by atoms with van der Waals surface area (Å²) in [6.07, 6.45) is 1.53. The van der Waals surface area contributed by atoms with Gasteiger partial charge in [0.2, 0.25) is 0 Å². The van der Waals surface area contributed by atoms with Crippen LogP contribution in [0.2, 0.25) is 0 Å². The van der Waals surface area contributed by atoms with Crippen LogP contribution in [0, 0.1) is 6.92 Å². The summed E-state index contributed by atoms with van der Waals surface area (Å²) >= 11 is 0. The van der Waals surface area contributed by atoms with E-state index in [2.05, 4.69) is 13.0 Å². The van der Waals surface area contributed by atoms with E-state index in [1.54, 1.807) is 4.90 Å². The van der Waals surface area contributed by atoms with Gasteiger partial charge in [0.15, 0.2) is 0 Å². The number of carbonyl (C=O) groups excluding carboxylic acids is 1.